The van der Waals surface area contributed by atoms with E-state index in [1.807, 2.05) is 0 Å². The van der Waals surface area contributed by atoms with Gasteiger partial charge in [0.1, 0.15) is 0 Å². The van der Waals surface area contributed by atoms with Gasteiger partial charge in [0, 0.05) is 39.5 Å². The van der Waals surface area contributed by atoms with Crippen LogP contribution >= 0.6 is 0 Å². The number of fused-ring (bicyclic) bond motifs is 6. The van der Waals surface area contributed by atoms with Crippen molar-refractivity contribution < 1.29 is 0 Å². The molecule has 2 aliphatic rings. The van der Waals surface area contributed by atoms with E-state index >= 15 is 0 Å². The van der Waals surface area contributed by atoms with Crippen molar-refractivity contribution in [3.63, 3.8) is 0 Å². The minimum absolute atomic E-state index is 0.876. The highest BCUT2D eigenvalue weighted by Crippen LogP contribution is 2.40. The lowest BCUT2D eigenvalue weighted by atomic mass is 9.92. The van der Waals surface area contributed by atoms with E-state index in [0.717, 1.165) is 17.5 Å². The summed E-state index contributed by atoms with van der Waals surface area (Å²) < 4.78 is 2.43. The largest absolute Gasteiger partial charge is 0.313 e. The maximum atomic E-state index is 4.92. The molecule has 0 N–H and O–H groups in total. The molecule has 150 valence electrons. The third kappa shape index (κ3) is 2.44. The molecule has 32 heavy (non-hydrogen) atoms. The Hall–Kier alpha value is -4.17. The predicted molar refractivity (Wildman–Crippen MR) is 130 cm³/mol. The molecule has 0 radical (unpaired) electrons. The molecule has 0 saturated carbocycles. The highest BCUT2D eigenvalue weighted by atomic mass is 15.0. The molecular weight excluding hydrogens is 388 g/mol. The number of benzene rings is 4. The second-order valence-electron chi connectivity index (χ2n) is 8.38. The van der Waals surface area contributed by atoms with Crippen LogP contribution in [0.25, 0.3) is 33.3 Å². The first-order valence-electron chi connectivity index (χ1n) is 11.1. The van der Waals surface area contributed by atoms with Crippen molar-refractivity contribution in [1.29, 1.82) is 0 Å². The van der Waals surface area contributed by atoms with Gasteiger partial charge in [0.2, 0.25) is 0 Å². The van der Waals surface area contributed by atoms with Crippen molar-refractivity contribution in [2.45, 2.75) is 6.42 Å². The maximum absolute atomic E-state index is 4.92. The van der Waals surface area contributed by atoms with Crippen molar-refractivity contribution in [3.05, 3.63) is 137 Å². The van der Waals surface area contributed by atoms with Crippen LogP contribution in [-0.4, -0.2) is 4.57 Å². The van der Waals surface area contributed by atoms with Gasteiger partial charge in [-0.25, -0.2) is 4.99 Å². The third-order valence-electron chi connectivity index (χ3n) is 6.61. The molecule has 0 amide bonds. The van der Waals surface area contributed by atoms with Crippen molar-refractivity contribution in [3.8, 4) is 16.8 Å². The second-order valence-corrected chi connectivity index (χ2v) is 8.38. The van der Waals surface area contributed by atoms with Crippen LogP contribution in [0.2, 0.25) is 0 Å². The average molecular weight is 409 g/mol. The lowest BCUT2D eigenvalue weighted by Gasteiger charge is -2.16. The number of hydrogen-bond donors (Lipinski definition) is 0. The highest BCUT2D eigenvalue weighted by molar-refractivity contribution is 6.01. The summed E-state index contributed by atoms with van der Waals surface area (Å²) in [6.07, 6.45) is 3.16. The normalized spacial score (nSPS) is 13.9. The van der Waals surface area contributed by atoms with E-state index in [2.05, 4.69) is 114 Å². The van der Waals surface area contributed by atoms with Gasteiger partial charge in [-0.3, -0.25) is 0 Å². The zero-order valence-corrected chi connectivity index (χ0v) is 17.5. The topological polar surface area (TPSA) is 17.3 Å². The minimum Gasteiger partial charge on any atom is -0.313 e. The first-order valence-corrected chi connectivity index (χ1v) is 11.1. The van der Waals surface area contributed by atoms with Crippen molar-refractivity contribution in [1.82, 2.24) is 4.57 Å². The number of allylic oxidation sites excluding steroid dienone is 2. The quantitative estimate of drug-likeness (QED) is 0.363. The van der Waals surface area contributed by atoms with Crippen LogP contribution in [0, 0.1) is 0 Å². The van der Waals surface area contributed by atoms with Crippen molar-refractivity contribution >= 4 is 16.5 Å². The van der Waals surface area contributed by atoms with E-state index in [4.69, 9.17) is 4.99 Å². The van der Waals surface area contributed by atoms with Crippen LogP contribution < -0.4 is 10.6 Å². The van der Waals surface area contributed by atoms with Gasteiger partial charge in [0.25, 0.3) is 0 Å². The van der Waals surface area contributed by atoms with Crippen molar-refractivity contribution in [2.24, 2.45) is 4.99 Å². The molecule has 2 nitrogen and oxygen atoms in total. The number of aromatic nitrogens is 1. The van der Waals surface area contributed by atoms with Crippen LogP contribution in [0.5, 0.6) is 0 Å². The van der Waals surface area contributed by atoms with Gasteiger partial charge in [-0.05, 0) is 35.4 Å². The fraction of sp³-hybridized carbons (Fsp3) is 0.0333. The van der Waals surface area contributed by atoms with Gasteiger partial charge in [-0.15, -0.1) is 0 Å². The molecular formula is C30H20N2. The molecule has 7 rings (SSSR count). The molecule has 2 heteroatoms. The Bertz CT molecular complexity index is 1670. The van der Waals surface area contributed by atoms with Gasteiger partial charge >= 0.3 is 0 Å². The predicted octanol–water partition coefficient (Wildman–Crippen LogP) is 5.57. The average Bonchev–Trinajstić information content (AvgIpc) is 3.40. The molecule has 0 fully saturated rings. The number of rotatable bonds is 2. The standard InChI is InChI=1S/C30H20N2/c1-2-8-20(9-3-1)21-14-16-22(17-15-21)32-27-13-7-5-11-24(27)30-28(32)19-18-26-29(30)23-10-4-6-12-25(23)31-26/h1-18H,19H2. The summed E-state index contributed by atoms with van der Waals surface area (Å²) >= 11 is 0. The summed E-state index contributed by atoms with van der Waals surface area (Å²) in [7, 11) is 0. The molecule has 0 unspecified atom stereocenters. The van der Waals surface area contributed by atoms with E-state index in [1.165, 1.54) is 49.8 Å². The fourth-order valence-corrected chi connectivity index (χ4v) is 5.20. The molecule has 1 aliphatic carbocycles. The van der Waals surface area contributed by atoms with Gasteiger partial charge in [-0.1, -0.05) is 84.9 Å². The molecule has 2 heterocycles. The van der Waals surface area contributed by atoms with Crippen LogP contribution in [-0.2, 0) is 6.42 Å². The van der Waals surface area contributed by atoms with E-state index in [0.29, 0.717) is 0 Å². The number of nitrogens with zero attached hydrogens (tertiary/aromatic N) is 2. The monoisotopic (exact) mass is 408 g/mol. The van der Waals surface area contributed by atoms with Crippen LogP contribution in [0.1, 0.15) is 11.3 Å². The summed E-state index contributed by atoms with van der Waals surface area (Å²) in [5.41, 5.74) is 9.98. The lowest BCUT2D eigenvalue weighted by Crippen LogP contribution is -2.22. The maximum Gasteiger partial charge on any atom is 0.0716 e. The Labute approximate surface area is 186 Å². The zero-order chi connectivity index (χ0) is 21.1. The molecule has 1 aromatic heterocycles. The van der Waals surface area contributed by atoms with Crippen molar-refractivity contribution in [2.75, 3.05) is 0 Å². The lowest BCUT2D eigenvalue weighted by molar-refractivity contribution is 0.984. The summed E-state index contributed by atoms with van der Waals surface area (Å²) in [5, 5.41) is 3.61. The van der Waals surface area contributed by atoms with Gasteiger partial charge in [0.15, 0.2) is 0 Å². The Balaban J connectivity index is 1.49. The number of hydrogen-bond acceptors (Lipinski definition) is 1. The van der Waals surface area contributed by atoms with Crippen LogP contribution in [0.4, 0.5) is 0 Å². The third-order valence-corrected chi connectivity index (χ3v) is 6.61. The Morgan fingerprint density at radius 3 is 2.25 bits per heavy atom. The van der Waals surface area contributed by atoms with E-state index in [9.17, 15) is 0 Å². The second kappa shape index (κ2) is 6.66. The Kier molecular flexibility index (Phi) is 3.65. The van der Waals surface area contributed by atoms with Gasteiger partial charge in [0.05, 0.1) is 16.6 Å². The summed E-state index contributed by atoms with van der Waals surface area (Å²) in [4.78, 5) is 4.92. The SMILES string of the molecule is C1=C2N=c3ccccc3=C2c2c(n(-c3ccc(-c4ccccc4)cc3)c3ccccc23)C1. The summed E-state index contributed by atoms with van der Waals surface area (Å²) in [6.45, 7) is 0. The van der Waals surface area contributed by atoms with Gasteiger partial charge in [-0.2, -0.15) is 0 Å². The Morgan fingerprint density at radius 1 is 0.656 bits per heavy atom. The molecule has 0 saturated heterocycles. The van der Waals surface area contributed by atoms with E-state index in [-0.39, 0.29) is 0 Å². The molecule has 0 atom stereocenters. The highest BCUT2D eigenvalue weighted by Gasteiger charge is 2.28. The number of para-hydroxylation sites is 2. The summed E-state index contributed by atoms with van der Waals surface area (Å²) in [5.74, 6) is 0. The van der Waals surface area contributed by atoms with Gasteiger partial charge < -0.3 is 4.57 Å². The summed E-state index contributed by atoms with van der Waals surface area (Å²) in [6, 6.07) is 36.7. The smallest absolute Gasteiger partial charge is 0.0716 e. The molecule has 1 aliphatic heterocycles. The molecule has 4 aromatic carbocycles. The van der Waals surface area contributed by atoms with E-state index in [1.54, 1.807) is 0 Å². The first-order chi connectivity index (χ1) is 15.9. The Morgan fingerprint density at radius 2 is 1.38 bits per heavy atom. The molecule has 0 spiro atoms. The molecule has 5 aromatic rings. The van der Waals surface area contributed by atoms with E-state index < -0.39 is 0 Å². The van der Waals surface area contributed by atoms with Crippen LogP contribution in [0.15, 0.2) is 120 Å². The fourth-order valence-electron chi connectivity index (χ4n) is 5.20. The minimum atomic E-state index is 0.876. The van der Waals surface area contributed by atoms with Crippen LogP contribution in [0.3, 0.4) is 0 Å². The zero-order valence-electron chi connectivity index (χ0n) is 17.5. The molecule has 0 bridgehead atoms. The first kappa shape index (κ1) is 17.5.